The largest absolute Gasteiger partial charge is 0.493 e. The summed E-state index contributed by atoms with van der Waals surface area (Å²) in [5.74, 6) is 0.484. The van der Waals surface area contributed by atoms with Crippen LogP contribution in [0.1, 0.15) is 18.1 Å². The van der Waals surface area contributed by atoms with Gasteiger partial charge in [-0.25, -0.2) is 4.79 Å². The molecule has 1 N–H and O–H groups in total. The lowest BCUT2D eigenvalue weighted by Crippen LogP contribution is -2.11. The van der Waals surface area contributed by atoms with Crippen LogP contribution in [0.4, 0.5) is 5.69 Å². The first-order valence-corrected chi connectivity index (χ1v) is 8.51. The van der Waals surface area contributed by atoms with Gasteiger partial charge in [-0.3, -0.25) is 4.99 Å². The fourth-order valence-electron chi connectivity index (χ4n) is 2.50. The van der Waals surface area contributed by atoms with Crippen LogP contribution in [0.2, 0.25) is 0 Å². The molecule has 0 bridgehead atoms. The smallest absolute Gasteiger partial charge is 0.341 e. The van der Waals surface area contributed by atoms with Crippen molar-refractivity contribution in [2.45, 2.75) is 13.3 Å². The number of carboxylic acids is 1. The highest BCUT2D eigenvalue weighted by Gasteiger charge is 2.13. The highest BCUT2D eigenvalue weighted by atomic mass is 16.5. The summed E-state index contributed by atoms with van der Waals surface area (Å²) in [6.45, 7) is 5.77. The van der Waals surface area contributed by atoms with Gasteiger partial charge < -0.3 is 19.3 Å². The van der Waals surface area contributed by atoms with Crippen LogP contribution in [0.3, 0.4) is 0 Å². The van der Waals surface area contributed by atoms with E-state index in [-0.39, 0.29) is 0 Å². The Bertz CT molecular complexity index is 829. The Hall–Kier alpha value is -3.28. The molecule has 0 aliphatic carbocycles. The van der Waals surface area contributed by atoms with Crippen molar-refractivity contribution in [3.63, 3.8) is 0 Å². The van der Waals surface area contributed by atoms with Crippen molar-refractivity contribution in [2.75, 3.05) is 20.3 Å². The number of carboxylic acid groups (broad SMARTS) is 1. The van der Waals surface area contributed by atoms with Crippen LogP contribution < -0.4 is 14.2 Å². The lowest BCUT2D eigenvalue weighted by atomic mass is 10.1. The van der Waals surface area contributed by atoms with Crippen LogP contribution >= 0.6 is 0 Å². The van der Waals surface area contributed by atoms with Crippen LogP contribution in [-0.2, 0) is 11.2 Å². The minimum atomic E-state index is -1.06. The van der Waals surface area contributed by atoms with E-state index >= 15 is 0 Å². The minimum absolute atomic E-state index is 0.395. The minimum Gasteiger partial charge on any atom is -0.493 e. The maximum atomic E-state index is 10.8. The van der Waals surface area contributed by atoms with Crippen molar-refractivity contribution in [1.29, 1.82) is 0 Å². The number of ether oxygens (including phenoxy) is 3. The van der Waals surface area contributed by atoms with Crippen LogP contribution in [-0.4, -0.2) is 37.6 Å². The van der Waals surface area contributed by atoms with Crippen molar-refractivity contribution in [2.24, 2.45) is 4.99 Å². The summed E-state index contributed by atoms with van der Waals surface area (Å²) in [6.07, 6.45) is 3.92. The van der Waals surface area contributed by atoms with Crippen LogP contribution in [0.15, 0.2) is 54.0 Å². The quantitative estimate of drug-likeness (QED) is 0.505. The molecule has 0 atom stereocenters. The molecule has 0 unspecified atom stereocenters. The Balaban J connectivity index is 2.38. The van der Waals surface area contributed by atoms with E-state index in [1.54, 1.807) is 18.4 Å². The van der Waals surface area contributed by atoms with E-state index in [2.05, 4.69) is 11.6 Å². The molecule has 0 saturated heterocycles. The zero-order valence-corrected chi connectivity index (χ0v) is 15.5. The van der Waals surface area contributed by atoms with Crippen molar-refractivity contribution in [3.05, 3.63) is 60.2 Å². The highest BCUT2D eigenvalue weighted by Crippen LogP contribution is 2.34. The second kappa shape index (κ2) is 10.0. The van der Waals surface area contributed by atoms with Crippen molar-refractivity contribution in [3.8, 4) is 17.2 Å². The second-order valence-electron chi connectivity index (χ2n) is 5.55. The molecule has 27 heavy (non-hydrogen) atoms. The van der Waals surface area contributed by atoms with E-state index in [1.165, 1.54) is 7.11 Å². The molecule has 6 nitrogen and oxygen atoms in total. The van der Waals surface area contributed by atoms with Gasteiger partial charge in [-0.2, -0.15) is 0 Å². The molecule has 0 radical (unpaired) electrons. The van der Waals surface area contributed by atoms with Gasteiger partial charge in [-0.15, -0.1) is 6.58 Å². The van der Waals surface area contributed by atoms with Gasteiger partial charge in [0.2, 0.25) is 0 Å². The molecule has 142 valence electrons. The molecule has 0 spiro atoms. The Morgan fingerprint density at radius 3 is 2.67 bits per heavy atom. The standard InChI is InChI=1S/C21H23NO5/c1-4-8-16-11-15(12-19(25-3)21(16)27-14-20(23)24)13-22-17-9-6-7-10-18(17)26-5-2/h4,6-7,9-13H,1,5,8,14H2,2-3H3,(H,23,24). The van der Waals surface area contributed by atoms with E-state index in [4.69, 9.17) is 19.3 Å². The summed E-state index contributed by atoms with van der Waals surface area (Å²) in [4.78, 5) is 15.3. The molecule has 0 fully saturated rings. The summed E-state index contributed by atoms with van der Waals surface area (Å²) < 4.78 is 16.4. The van der Waals surface area contributed by atoms with E-state index in [0.29, 0.717) is 30.3 Å². The lowest BCUT2D eigenvalue weighted by Gasteiger charge is -2.14. The van der Waals surface area contributed by atoms with Gasteiger partial charge in [-0.1, -0.05) is 18.2 Å². The van der Waals surface area contributed by atoms with Gasteiger partial charge in [0.05, 0.1) is 13.7 Å². The first-order valence-electron chi connectivity index (χ1n) is 8.51. The predicted octanol–water partition coefficient (Wildman–Crippen LogP) is 4.04. The maximum Gasteiger partial charge on any atom is 0.341 e. The Morgan fingerprint density at radius 1 is 1.22 bits per heavy atom. The molecule has 0 amide bonds. The fraction of sp³-hybridized carbons (Fsp3) is 0.238. The molecule has 2 aromatic rings. The molecule has 0 aliphatic rings. The van der Waals surface area contributed by atoms with Gasteiger partial charge in [0.15, 0.2) is 18.1 Å². The third-order valence-corrected chi connectivity index (χ3v) is 3.60. The number of nitrogens with zero attached hydrogens (tertiary/aromatic N) is 1. The van der Waals surface area contributed by atoms with Gasteiger partial charge in [0.1, 0.15) is 11.4 Å². The van der Waals surface area contributed by atoms with Gasteiger partial charge in [-0.05, 0) is 43.2 Å². The highest BCUT2D eigenvalue weighted by molar-refractivity contribution is 5.84. The second-order valence-corrected chi connectivity index (χ2v) is 5.55. The fourth-order valence-corrected chi connectivity index (χ4v) is 2.50. The van der Waals surface area contributed by atoms with Crippen LogP contribution in [0.5, 0.6) is 17.2 Å². The van der Waals surface area contributed by atoms with Crippen LogP contribution in [0.25, 0.3) is 0 Å². The van der Waals surface area contributed by atoms with Crippen molar-refractivity contribution >= 4 is 17.9 Å². The lowest BCUT2D eigenvalue weighted by molar-refractivity contribution is -0.139. The normalized spacial score (nSPS) is 10.6. The van der Waals surface area contributed by atoms with Gasteiger partial charge >= 0.3 is 5.97 Å². The zero-order valence-electron chi connectivity index (χ0n) is 15.5. The van der Waals surface area contributed by atoms with E-state index < -0.39 is 12.6 Å². The van der Waals surface area contributed by atoms with E-state index in [1.807, 2.05) is 37.3 Å². The third-order valence-electron chi connectivity index (χ3n) is 3.60. The number of aliphatic imine (C=N–C) groups is 1. The number of allylic oxidation sites excluding steroid dienone is 1. The molecule has 0 heterocycles. The van der Waals surface area contributed by atoms with E-state index in [9.17, 15) is 4.79 Å². The SMILES string of the molecule is C=CCc1cc(C=Nc2ccccc2OCC)cc(OC)c1OCC(=O)O. The van der Waals surface area contributed by atoms with Gasteiger partial charge in [0, 0.05) is 11.8 Å². The number of rotatable bonds is 10. The summed E-state index contributed by atoms with van der Waals surface area (Å²) >= 11 is 0. The van der Waals surface area contributed by atoms with E-state index in [0.717, 1.165) is 16.8 Å². The molecule has 2 rings (SSSR count). The van der Waals surface area contributed by atoms with Crippen molar-refractivity contribution < 1.29 is 24.1 Å². The van der Waals surface area contributed by atoms with Gasteiger partial charge in [0.25, 0.3) is 0 Å². The number of methoxy groups -OCH3 is 1. The number of carbonyl (C=O) groups is 1. The number of hydrogen-bond donors (Lipinski definition) is 1. The zero-order chi connectivity index (χ0) is 19.6. The molecule has 6 heteroatoms. The first kappa shape index (κ1) is 20.0. The number of benzene rings is 2. The average molecular weight is 369 g/mol. The number of para-hydroxylation sites is 2. The molecule has 0 saturated carbocycles. The Labute approximate surface area is 158 Å². The van der Waals surface area contributed by atoms with Crippen molar-refractivity contribution in [1.82, 2.24) is 0 Å². The molecule has 0 aromatic heterocycles. The maximum absolute atomic E-state index is 10.8. The first-order chi connectivity index (χ1) is 13.1. The number of hydrogen-bond acceptors (Lipinski definition) is 5. The third kappa shape index (κ3) is 5.60. The average Bonchev–Trinajstić information content (AvgIpc) is 2.66. The molecule has 0 aliphatic heterocycles. The topological polar surface area (TPSA) is 77.3 Å². The molecular formula is C21H23NO5. The summed E-state index contributed by atoms with van der Waals surface area (Å²) in [5, 5.41) is 8.87. The summed E-state index contributed by atoms with van der Waals surface area (Å²) in [6, 6.07) is 11.1. The Morgan fingerprint density at radius 2 is 2.00 bits per heavy atom. The summed E-state index contributed by atoms with van der Waals surface area (Å²) in [7, 11) is 1.51. The molecular weight excluding hydrogens is 346 g/mol. The predicted molar refractivity (Wildman–Crippen MR) is 105 cm³/mol. The molecule has 2 aromatic carbocycles. The number of aliphatic carboxylic acids is 1. The monoisotopic (exact) mass is 369 g/mol. The van der Waals surface area contributed by atoms with Crippen LogP contribution in [0, 0.1) is 0 Å². The Kier molecular flexibility index (Phi) is 7.43. The summed E-state index contributed by atoms with van der Waals surface area (Å²) in [5.41, 5.74) is 2.28.